The van der Waals surface area contributed by atoms with Crippen molar-refractivity contribution in [1.29, 1.82) is 0 Å². The average molecular weight is 315 g/mol. The van der Waals surface area contributed by atoms with Crippen molar-refractivity contribution in [3.05, 3.63) is 29.8 Å². The lowest BCUT2D eigenvalue weighted by atomic mass is 10.1. The lowest BCUT2D eigenvalue weighted by Gasteiger charge is -2.20. The summed E-state index contributed by atoms with van der Waals surface area (Å²) >= 11 is 0. The number of carbonyl (C=O) groups is 1. The number of hydrogen-bond acceptors (Lipinski definition) is 3. The third kappa shape index (κ3) is 8.58. The number of benzene rings is 1. The number of amides is 1. The van der Waals surface area contributed by atoms with Crippen LogP contribution >= 0.6 is 12.4 Å². The van der Waals surface area contributed by atoms with Crippen LogP contribution in [0.1, 0.15) is 39.7 Å². The van der Waals surface area contributed by atoms with Crippen molar-refractivity contribution in [2.75, 3.05) is 13.2 Å². The van der Waals surface area contributed by atoms with Crippen molar-refractivity contribution < 1.29 is 9.53 Å². The SMILES string of the molecule is CCCNCc1ccccc1OCC(=O)NC(C)(C)C.Cl. The van der Waals surface area contributed by atoms with E-state index in [2.05, 4.69) is 17.6 Å². The standard InChI is InChI=1S/C16H26N2O2.ClH/c1-5-10-17-11-13-8-6-7-9-14(13)20-12-15(19)18-16(2,3)4;/h6-9,17H,5,10-12H2,1-4H3,(H,18,19);1H. The Balaban J connectivity index is 0.00000400. The van der Waals surface area contributed by atoms with E-state index in [0.717, 1.165) is 30.8 Å². The molecule has 1 amide bonds. The Morgan fingerprint density at radius 1 is 1.24 bits per heavy atom. The predicted octanol–water partition coefficient (Wildman–Crippen LogP) is 2.90. The number of para-hydroxylation sites is 1. The van der Waals surface area contributed by atoms with Crippen LogP contribution in [0.25, 0.3) is 0 Å². The average Bonchev–Trinajstić information content (AvgIpc) is 2.36. The fourth-order valence-corrected chi connectivity index (χ4v) is 1.79. The van der Waals surface area contributed by atoms with Crippen molar-refractivity contribution in [1.82, 2.24) is 10.6 Å². The van der Waals surface area contributed by atoms with E-state index in [1.165, 1.54) is 0 Å². The quantitative estimate of drug-likeness (QED) is 0.761. The highest BCUT2D eigenvalue weighted by Crippen LogP contribution is 2.17. The number of halogens is 1. The molecule has 0 radical (unpaired) electrons. The molecule has 0 spiro atoms. The smallest absolute Gasteiger partial charge is 0.258 e. The molecule has 5 heteroatoms. The van der Waals surface area contributed by atoms with E-state index < -0.39 is 0 Å². The second kappa shape index (κ2) is 9.64. The van der Waals surface area contributed by atoms with Crippen molar-refractivity contribution >= 4 is 18.3 Å². The van der Waals surface area contributed by atoms with E-state index >= 15 is 0 Å². The summed E-state index contributed by atoms with van der Waals surface area (Å²) in [5.74, 6) is 0.661. The lowest BCUT2D eigenvalue weighted by Crippen LogP contribution is -2.43. The maximum absolute atomic E-state index is 11.8. The minimum Gasteiger partial charge on any atom is -0.483 e. The van der Waals surface area contributed by atoms with Gasteiger partial charge in [-0.2, -0.15) is 0 Å². The largest absolute Gasteiger partial charge is 0.483 e. The Hall–Kier alpha value is -1.26. The van der Waals surface area contributed by atoms with Crippen LogP contribution in [0.3, 0.4) is 0 Å². The van der Waals surface area contributed by atoms with E-state index in [1.54, 1.807) is 0 Å². The third-order valence-corrected chi connectivity index (χ3v) is 2.59. The first-order chi connectivity index (χ1) is 9.42. The molecule has 0 aliphatic heterocycles. The lowest BCUT2D eigenvalue weighted by molar-refractivity contribution is -0.124. The zero-order chi connectivity index (χ0) is 15.0. The summed E-state index contributed by atoms with van der Waals surface area (Å²) in [5, 5.41) is 6.22. The van der Waals surface area contributed by atoms with Crippen molar-refractivity contribution in [3.63, 3.8) is 0 Å². The second-order valence-electron chi connectivity index (χ2n) is 5.87. The summed E-state index contributed by atoms with van der Waals surface area (Å²) in [7, 11) is 0. The summed E-state index contributed by atoms with van der Waals surface area (Å²) in [6.45, 7) is 9.76. The van der Waals surface area contributed by atoms with Crippen LogP contribution in [0.4, 0.5) is 0 Å². The van der Waals surface area contributed by atoms with Crippen molar-refractivity contribution in [2.24, 2.45) is 0 Å². The van der Waals surface area contributed by atoms with Crippen LogP contribution in [0.15, 0.2) is 24.3 Å². The molecule has 120 valence electrons. The molecule has 0 aliphatic rings. The van der Waals surface area contributed by atoms with Gasteiger partial charge < -0.3 is 15.4 Å². The van der Waals surface area contributed by atoms with Gasteiger partial charge in [0.2, 0.25) is 0 Å². The second-order valence-corrected chi connectivity index (χ2v) is 5.87. The van der Waals surface area contributed by atoms with Crippen LogP contribution in [-0.2, 0) is 11.3 Å². The molecule has 0 atom stereocenters. The highest BCUT2D eigenvalue weighted by molar-refractivity contribution is 5.85. The molecule has 0 aromatic heterocycles. The summed E-state index contributed by atoms with van der Waals surface area (Å²) in [6, 6.07) is 7.80. The van der Waals surface area contributed by atoms with Gasteiger partial charge >= 0.3 is 0 Å². The van der Waals surface area contributed by atoms with E-state index in [1.807, 2.05) is 45.0 Å². The normalized spacial score (nSPS) is 10.7. The molecular weight excluding hydrogens is 288 g/mol. The van der Waals surface area contributed by atoms with E-state index in [0.29, 0.717) is 0 Å². The van der Waals surface area contributed by atoms with Crippen molar-refractivity contribution in [3.8, 4) is 5.75 Å². The molecule has 1 aromatic rings. The molecular formula is C16H27ClN2O2. The molecule has 0 saturated carbocycles. The Kier molecular flexibility index (Phi) is 9.06. The number of carbonyl (C=O) groups excluding carboxylic acids is 1. The Morgan fingerprint density at radius 3 is 2.52 bits per heavy atom. The van der Waals surface area contributed by atoms with E-state index in [4.69, 9.17) is 4.74 Å². The van der Waals surface area contributed by atoms with Gasteiger partial charge in [0.1, 0.15) is 5.75 Å². The molecule has 1 aromatic carbocycles. The fraction of sp³-hybridized carbons (Fsp3) is 0.562. The maximum Gasteiger partial charge on any atom is 0.258 e. The van der Waals surface area contributed by atoms with Gasteiger partial charge in [-0.15, -0.1) is 12.4 Å². The summed E-state index contributed by atoms with van der Waals surface area (Å²) in [5.41, 5.74) is 0.840. The molecule has 0 bridgehead atoms. The zero-order valence-corrected chi connectivity index (χ0v) is 14.2. The van der Waals surface area contributed by atoms with Gasteiger partial charge in [0.15, 0.2) is 6.61 Å². The number of ether oxygens (including phenoxy) is 1. The molecule has 0 unspecified atom stereocenters. The summed E-state index contributed by atoms with van der Waals surface area (Å²) < 4.78 is 5.62. The molecule has 1 rings (SSSR count). The monoisotopic (exact) mass is 314 g/mol. The van der Waals surface area contributed by atoms with E-state index in [9.17, 15) is 4.79 Å². The van der Waals surface area contributed by atoms with Crippen molar-refractivity contribution in [2.45, 2.75) is 46.2 Å². The van der Waals surface area contributed by atoms with Gasteiger partial charge in [0.25, 0.3) is 5.91 Å². The molecule has 2 N–H and O–H groups in total. The molecule has 0 aliphatic carbocycles. The maximum atomic E-state index is 11.8. The zero-order valence-electron chi connectivity index (χ0n) is 13.4. The van der Waals surface area contributed by atoms with Crippen LogP contribution in [-0.4, -0.2) is 24.6 Å². The molecule has 21 heavy (non-hydrogen) atoms. The summed E-state index contributed by atoms with van der Waals surface area (Å²) in [4.78, 5) is 11.8. The third-order valence-electron chi connectivity index (χ3n) is 2.59. The number of nitrogens with one attached hydrogen (secondary N) is 2. The van der Waals surface area contributed by atoms with Gasteiger partial charge in [-0.05, 0) is 39.8 Å². The Labute approximate surface area is 134 Å². The fourth-order valence-electron chi connectivity index (χ4n) is 1.79. The van der Waals surface area contributed by atoms with E-state index in [-0.39, 0.29) is 30.5 Å². The summed E-state index contributed by atoms with van der Waals surface area (Å²) in [6.07, 6.45) is 1.09. The minimum atomic E-state index is -0.233. The number of hydrogen-bond donors (Lipinski definition) is 2. The van der Waals surface area contributed by atoms with Gasteiger partial charge in [-0.25, -0.2) is 0 Å². The topological polar surface area (TPSA) is 50.4 Å². The predicted molar refractivity (Wildman–Crippen MR) is 89.1 cm³/mol. The first kappa shape index (κ1) is 19.7. The molecule has 0 saturated heterocycles. The van der Waals surface area contributed by atoms with Crippen LogP contribution in [0.2, 0.25) is 0 Å². The number of rotatable bonds is 7. The Morgan fingerprint density at radius 2 is 1.90 bits per heavy atom. The van der Waals surface area contributed by atoms with Crippen LogP contribution < -0.4 is 15.4 Å². The van der Waals surface area contributed by atoms with Crippen LogP contribution in [0, 0.1) is 0 Å². The van der Waals surface area contributed by atoms with Gasteiger partial charge in [-0.3, -0.25) is 4.79 Å². The molecule has 0 heterocycles. The molecule has 0 fully saturated rings. The first-order valence-electron chi connectivity index (χ1n) is 7.15. The minimum absolute atomic E-state index is 0. The highest BCUT2D eigenvalue weighted by Gasteiger charge is 2.14. The Bertz CT molecular complexity index is 431. The van der Waals surface area contributed by atoms with Gasteiger partial charge in [-0.1, -0.05) is 25.1 Å². The van der Waals surface area contributed by atoms with Crippen LogP contribution in [0.5, 0.6) is 5.75 Å². The van der Waals surface area contributed by atoms with Gasteiger partial charge in [0.05, 0.1) is 0 Å². The molecule has 4 nitrogen and oxygen atoms in total. The van der Waals surface area contributed by atoms with Gasteiger partial charge in [0, 0.05) is 17.6 Å². The highest BCUT2D eigenvalue weighted by atomic mass is 35.5. The first-order valence-corrected chi connectivity index (χ1v) is 7.15.